The van der Waals surface area contributed by atoms with Gasteiger partial charge in [-0.3, -0.25) is 0 Å². The highest BCUT2D eigenvalue weighted by Gasteiger charge is 2.12. The molecule has 1 aliphatic heterocycles. The summed E-state index contributed by atoms with van der Waals surface area (Å²) in [5.74, 6) is 0. The van der Waals surface area contributed by atoms with E-state index in [4.69, 9.17) is 0 Å². The van der Waals surface area contributed by atoms with Gasteiger partial charge in [-0.2, -0.15) is 0 Å². The van der Waals surface area contributed by atoms with E-state index in [2.05, 4.69) is 42.7 Å². The molecule has 0 saturated carbocycles. The lowest BCUT2D eigenvalue weighted by Crippen LogP contribution is -2.49. The highest BCUT2D eigenvalue weighted by molar-refractivity contribution is 5.30. The third kappa shape index (κ3) is 2.80. The van der Waals surface area contributed by atoms with Crippen molar-refractivity contribution in [2.75, 3.05) is 19.6 Å². The molecule has 0 aromatic heterocycles. The Morgan fingerprint density at radius 2 is 2.07 bits per heavy atom. The van der Waals surface area contributed by atoms with E-state index in [1.807, 2.05) is 0 Å². The minimum absolute atomic E-state index is 0.598. The van der Waals surface area contributed by atoms with E-state index in [1.54, 1.807) is 0 Å². The molecule has 0 amide bonds. The predicted octanol–water partition coefficient (Wildman–Crippen LogP) is 1.41. The summed E-state index contributed by atoms with van der Waals surface area (Å²) in [6.07, 6.45) is 1.13. The largest absolute Gasteiger partial charge is 0.314 e. The van der Waals surface area contributed by atoms with Crippen molar-refractivity contribution in [1.29, 1.82) is 0 Å². The van der Waals surface area contributed by atoms with Gasteiger partial charge in [0.05, 0.1) is 0 Å². The Morgan fingerprint density at radius 1 is 1.20 bits per heavy atom. The number of benzene rings is 1. The first-order chi connectivity index (χ1) is 7.25. The van der Waals surface area contributed by atoms with Crippen LogP contribution in [0.3, 0.4) is 0 Å². The van der Waals surface area contributed by atoms with Crippen LogP contribution in [-0.2, 0) is 6.42 Å². The Kier molecular flexibility index (Phi) is 3.39. The molecular weight excluding hydrogens is 184 g/mol. The molecule has 1 fully saturated rings. The molecule has 0 radical (unpaired) electrons. The minimum atomic E-state index is 0.598. The zero-order chi connectivity index (χ0) is 10.7. The van der Waals surface area contributed by atoms with Gasteiger partial charge in [0, 0.05) is 25.7 Å². The van der Waals surface area contributed by atoms with Crippen LogP contribution in [0, 0.1) is 13.8 Å². The van der Waals surface area contributed by atoms with E-state index < -0.39 is 0 Å². The Morgan fingerprint density at radius 3 is 2.73 bits per heavy atom. The third-order valence-corrected chi connectivity index (χ3v) is 3.18. The minimum Gasteiger partial charge on any atom is -0.314 e. The molecule has 1 saturated heterocycles. The number of piperazine rings is 1. The topological polar surface area (TPSA) is 24.1 Å². The average molecular weight is 204 g/mol. The zero-order valence-corrected chi connectivity index (χ0v) is 9.64. The lowest BCUT2D eigenvalue weighted by Gasteiger charge is -2.24. The van der Waals surface area contributed by atoms with Gasteiger partial charge in [0.2, 0.25) is 0 Å². The van der Waals surface area contributed by atoms with Crippen molar-refractivity contribution in [1.82, 2.24) is 10.6 Å². The van der Waals surface area contributed by atoms with Crippen LogP contribution in [0.2, 0.25) is 0 Å². The van der Waals surface area contributed by atoms with Gasteiger partial charge in [0.15, 0.2) is 0 Å². The summed E-state index contributed by atoms with van der Waals surface area (Å²) in [7, 11) is 0. The van der Waals surface area contributed by atoms with Gasteiger partial charge in [-0.25, -0.2) is 0 Å². The van der Waals surface area contributed by atoms with Crippen molar-refractivity contribution in [3.05, 3.63) is 34.9 Å². The number of hydrogen-bond donors (Lipinski definition) is 2. The van der Waals surface area contributed by atoms with Gasteiger partial charge in [-0.05, 0) is 37.0 Å². The highest BCUT2D eigenvalue weighted by atomic mass is 15.0. The lowest BCUT2D eigenvalue weighted by molar-refractivity contribution is 0.416. The van der Waals surface area contributed by atoms with Crippen molar-refractivity contribution < 1.29 is 0 Å². The fourth-order valence-corrected chi connectivity index (χ4v) is 2.07. The van der Waals surface area contributed by atoms with Gasteiger partial charge in [0.25, 0.3) is 0 Å². The molecule has 1 aromatic rings. The second-order valence-electron chi connectivity index (χ2n) is 4.48. The molecule has 2 nitrogen and oxygen atoms in total. The first-order valence-corrected chi connectivity index (χ1v) is 5.76. The van der Waals surface area contributed by atoms with Crippen LogP contribution in [0.1, 0.15) is 16.7 Å². The van der Waals surface area contributed by atoms with E-state index in [0.29, 0.717) is 6.04 Å². The van der Waals surface area contributed by atoms with E-state index >= 15 is 0 Å². The maximum Gasteiger partial charge on any atom is 0.0233 e. The van der Waals surface area contributed by atoms with E-state index in [-0.39, 0.29) is 0 Å². The zero-order valence-electron chi connectivity index (χ0n) is 9.64. The molecule has 1 atom stereocenters. The van der Waals surface area contributed by atoms with Gasteiger partial charge in [-0.1, -0.05) is 18.2 Å². The van der Waals surface area contributed by atoms with Gasteiger partial charge < -0.3 is 10.6 Å². The molecule has 2 N–H and O–H groups in total. The van der Waals surface area contributed by atoms with Crippen LogP contribution >= 0.6 is 0 Å². The number of nitrogens with one attached hydrogen (secondary N) is 2. The number of rotatable bonds is 2. The standard InChI is InChI=1S/C13H20N2/c1-10-3-4-12(7-11(10)2)8-13-9-14-5-6-15-13/h3-4,7,13-15H,5-6,8-9H2,1-2H3. The van der Waals surface area contributed by atoms with E-state index in [9.17, 15) is 0 Å². The van der Waals surface area contributed by atoms with Crippen LogP contribution in [0.25, 0.3) is 0 Å². The van der Waals surface area contributed by atoms with Crippen molar-refractivity contribution >= 4 is 0 Å². The highest BCUT2D eigenvalue weighted by Crippen LogP contribution is 2.11. The van der Waals surface area contributed by atoms with Crippen molar-refractivity contribution in [3.63, 3.8) is 0 Å². The Labute approximate surface area is 92.1 Å². The smallest absolute Gasteiger partial charge is 0.0233 e. The summed E-state index contributed by atoms with van der Waals surface area (Å²) in [5.41, 5.74) is 4.23. The molecule has 0 bridgehead atoms. The normalized spacial score (nSPS) is 21.6. The molecule has 0 aliphatic carbocycles. The number of aryl methyl sites for hydroxylation is 2. The Bertz CT molecular complexity index is 327. The molecule has 2 rings (SSSR count). The maximum absolute atomic E-state index is 3.54. The lowest BCUT2D eigenvalue weighted by atomic mass is 10.0. The predicted molar refractivity (Wildman–Crippen MR) is 64.3 cm³/mol. The van der Waals surface area contributed by atoms with Crippen LogP contribution in [0.4, 0.5) is 0 Å². The molecule has 82 valence electrons. The summed E-state index contributed by atoms with van der Waals surface area (Å²) in [4.78, 5) is 0. The first kappa shape index (κ1) is 10.7. The van der Waals surface area contributed by atoms with Crippen LogP contribution in [0.15, 0.2) is 18.2 Å². The fourth-order valence-electron chi connectivity index (χ4n) is 2.07. The van der Waals surface area contributed by atoms with Crippen LogP contribution in [0.5, 0.6) is 0 Å². The summed E-state index contributed by atoms with van der Waals surface area (Å²) < 4.78 is 0. The van der Waals surface area contributed by atoms with Gasteiger partial charge in [-0.15, -0.1) is 0 Å². The third-order valence-electron chi connectivity index (χ3n) is 3.18. The van der Waals surface area contributed by atoms with E-state index in [0.717, 1.165) is 26.1 Å². The molecular formula is C13H20N2. The Balaban J connectivity index is 2.00. The van der Waals surface area contributed by atoms with Gasteiger partial charge in [0.1, 0.15) is 0 Å². The maximum atomic E-state index is 3.54. The van der Waals surface area contributed by atoms with Crippen molar-refractivity contribution in [2.24, 2.45) is 0 Å². The molecule has 1 unspecified atom stereocenters. The molecule has 1 aromatic carbocycles. The summed E-state index contributed by atoms with van der Waals surface area (Å²) in [6.45, 7) is 7.64. The SMILES string of the molecule is Cc1ccc(CC2CNCCN2)cc1C. The van der Waals surface area contributed by atoms with Crippen molar-refractivity contribution in [2.45, 2.75) is 26.3 Å². The Hall–Kier alpha value is -0.860. The molecule has 2 heteroatoms. The van der Waals surface area contributed by atoms with Crippen LogP contribution in [-0.4, -0.2) is 25.7 Å². The second-order valence-corrected chi connectivity index (χ2v) is 4.48. The summed E-state index contributed by atoms with van der Waals surface area (Å²) in [5, 5.41) is 6.96. The summed E-state index contributed by atoms with van der Waals surface area (Å²) in [6, 6.07) is 7.38. The van der Waals surface area contributed by atoms with Crippen LogP contribution < -0.4 is 10.6 Å². The fraction of sp³-hybridized carbons (Fsp3) is 0.538. The van der Waals surface area contributed by atoms with E-state index in [1.165, 1.54) is 16.7 Å². The first-order valence-electron chi connectivity index (χ1n) is 5.76. The second kappa shape index (κ2) is 4.77. The number of hydrogen-bond acceptors (Lipinski definition) is 2. The average Bonchev–Trinajstić information content (AvgIpc) is 2.25. The summed E-state index contributed by atoms with van der Waals surface area (Å²) >= 11 is 0. The molecule has 1 aliphatic rings. The molecule has 1 heterocycles. The monoisotopic (exact) mass is 204 g/mol. The quantitative estimate of drug-likeness (QED) is 0.761. The molecule has 15 heavy (non-hydrogen) atoms. The van der Waals surface area contributed by atoms with Gasteiger partial charge >= 0.3 is 0 Å². The van der Waals surface area contributed by atoms with Crippen molar-refractivity contribution in [3.8, 4) is 0 Å². The molecule has 0 spiro atoms.